The lowest BCUT2D eigenvalue weighted by atomic mass is 9.71. The van der Waals surface area contributed by atoms with E-state index in [0.717, 1.165) is 54.5 Å². The Hall–Kier alpha value is -2.19. The highest BCUT2D eigenvalue weighted by atomic mass is 35.5. The molecule has 0 bridgehead atoms. The second-order valence-corrected chi connectivity index (χ2v) is 8.75. The summed E-state index contributed by atoms with van der Waals surface area (Å²) in [6, 6.07) is 16.7. The highest BCUT2D eigenvalue weighted by Gasteiger charge is 2.31. The van der Waals surface area contributed by atoms with Gasteiger partial charge in [-0.3, -0.25) is 9.78 Å². The van der Waals surface area contributed by atoms with Gasteiger partial charge in [0.25, 0.3) is 0 Å². The van der Waals surface area contributed by atoms with E-state index in [-0.39, 0.29) is 0 Å². The van der Waals surface area contributed by atoms with Crippen molar-refractivity contribution in [2.24, 2.45) is 11.8 Å². The molecule has 1 fully saturated rings. The summed E-state index contributed by atoms with van der Waals surface area (Å²) in [5.41, 5.74) is 6.22. The van der Waals surface area contributed by atoms with E-state index in [1.807, 2.05) is 12.1 Å². The molecule has 0 aliphatic heterocycles. The maximum atomic E-state index is 11.7. The van der Waals surface area contributed by atoms with E-state index >= 15 is 0 Å². The minimum absolute atomic E-state index is 0.444. The highest BCUT2D eigenvalue weighted by molar-refractivity contribution is 6.31. The lowest BCUT2D eigenvalue weighted by Crippen LogP contribution is -2.27. The van der Waals surface area contributed by atoms with Gasteiger partial charge in [-0.1, -0.05) is 41.9 Å². The number of aromatic nitrogens is 1. The van der Waals surface area contributed by atoms with Crippen LogP contribution in [0.2, 0.25) is 5.02 Å². The Kier molecular flexibility index (Phi) is 4.68. The summed E-state index contributed by atoms with van der Waals surface area (Å²) in [6.45, 7) is 0. The first kappa shape index (κ1) is 17.9. The third-order valence-electron chi connectivity index (χ3n) is 6.67. The first-order valence-electron chi connectivity index (χ1n) is 10.4. The predicted octanol–water partition coefficient (Wildman–Crippen LogP) is 6.42. The molecule has 2 aliphatic rings. The Morgan fingerprint density at radius 2 is 1.64 bits per heavy atom. The van der Waals surface area contributed by atoms with Crippen molar-refractivity contribution in [3.63, 3.8) is 0 Å². The van der Waals surface area contributed by atoms with Crippen molar-refractivity contribution in [2.75, 3.05) is 0 Å². The van der Waals surface area contributed by atoms with Crippen LogP contribution in [-0.2, 0) is 17.6 Å². The molecule has 3 heteroatoms. The zero-order valence-electron chi connectivity index (χ0n) is 16.0. The predicted molar refractivity (Wildman–Crippen MR) is 115 cm³/mol. The molecule has 142 valence electrons. The second kappa shape index (κ2) is 7.33. The van der Waals surface area contributed by atoms with E-state index in [4.69, 9.17) is 16.6 Å². The number of aryl methyl sites for hydroxylation is 1. The number of hydrogen-bond acceptors (Lipinski definition) is 2. The molecule has 1 unspecified atom stereocenters. The zero-order valence-corrected chi connectivity index (χ0v) is 16.7. The molecule has 1 heterocycles. The molecule has 0 amide bonds. The molecule has 0 spiro atoms. The van der Waals surface area contributed by atoms with Crippen LogP contribution in [0.4, 0.5) is 0 Å². The second-order valence-electron chi connectivity index (χ2n) is 8.32. The summed E-state index contributed by atoms with van der Waals surface area (Å²) >= 11 is 6.37. The number of pyridine rings is 1. The highest BCUT2D eigenvalue weighted by Crippen LogP contribution is 2.42. The van der Waals surface area contributed by atoms with Crippen LogP contribution < -0.4 is 0 Å². The maximum absolute atomic E-state index is 11.7. The topological polar surface area (TPSA) is 30.0 Å². The smallest absolute Gasteiger partial charge is 0.132 e. The number of halogens is 1. The molecule has 28 heavy (non-hydrogen) atoms. The van der Waals surface area contributed by atoms with Gasteiger partial charge < -0.3 is 0 Å². The van der Waals surface area contributed by atoms with Gasteiger partial charge >= 0.3 is 0 Å². The van der Waals surface area contributed by atoms with Gasteiger partial charge in [0.1, 0.15) is 5.78 Å². The van der Waals surface area contributed by atoms with Gasteiger partial charge in [0.05, 0.1) is 5.52 Å². The quantitative estimate of drug-likeness (QED) is 0.506. The van der Waals surface area contributed by atoms with Crippen molar-refractivity contribution in [1.82, 2.24) is 4.98 Å². The Balaban J connectivity index is 1.63. The molecule has 1 atom stereocenters. The van der Waals surface area contributed by atoms with Crippen LogP contribution >= 0.6 is 11.6 Å². The normalized spacial score (nSPS) is 20.3. The third-order valence-corrected chi connectivity index (χ3v) is 6.90. The fraction of sp³-hybridized carbons (Fsp3) is 0.360. The average molecular weight is 390 g/mol. The molecule has 1 saturated carbocycles. The third kappa shape index (κ3) is 3.24. The summed E-state index contributed by atoms with van der Waals surface area (Å²) in [5.74, 6) is 1.77. The minimum atomic E-state index is 0.444. The summed E-state index contributed by atoms with van der Waals surface area (Å²) < 4.78 is 0. The van der Waals surface area contributed by atoms with Crippen LogP contribution in [0.25, 0.3) is 22.0 Å². The van der Waals surface area contributed by atoms with E-state index in [9.17, 15) is 4.79 Å². The van der Waals surface area contributed by atoms with Crippen molar-refractivity contribution in [3.05, 3.63) is 64.8 Å². The van der Waals surface area contributed by atoms with Crippen LogP contribution in [0.1, 0.15) is 43.4 Å². The largest absolute Gasteiger partial charge is 0.300 e. The molecular weight excluding hydrogens is 366 g/mol. The summed E-state index contributed by atoms with van der Waals surface area (Å²) in [5, 5.41) is 1.90. The lowest BCUT2D eigenvalue weighted by Gasteiger charge is -2.34. The molecule has 3 aromatic rings. The van der Waals surface area contributed by atoms with Crippen molar-refractivity contribution < 1.29 is 4.79 Å². The van der Waals surface area contributed by atoms with E-state index < -0.39 is 0 Å². The lowest BCUT2D eigenvalue weighted by molar-refractivity contribution is -0.121. The van der Waals surface area contributed by atoms with Gasteiger partial charge in [0, 0.05) is 28.9 Å². The summed E-state index contributed by atoms with van der Waals surface area (Å²) in [6.07, 6.45) is 6.94. The monoisotopic (exact) mass is 389 g/mol. The summed E-state index contributed by atoms with van der Waals surface area (Å²) in [4.78, 5) is 16.7. The molecule has 1 aromatic heterocycles. The number of nitrogens with zero attached hydrogens (tertiary/aromatic N) is 1. The van der Waals surface area contributed by atoms with Crippen molar-refractivity contribution in [1.29, 1.82) is 0 Å². The van der Waals surface area contributed by atoms with Gasteiger partial charge in [-0.25, -0.2) is 0 Å². The van der Waals surface area contributed by atoms with Crippen molar-refractivity contribution >= 4 is 28.3 Å². The standard InChI is InChI=1S/C25H24ClNO/c26-19-9-13-24-22(15-19)25(17-4-2-1-3-5-17)21-14-18(8-12-23(21)27-24)16-6-10-20(28)11-7-16/h1-5,9,13,15-16,18H,6-8,10-12,14H2. The SMILES string of the molecule is O=C1CCC(C2CCc3nc4ccc(Cl)cc4c(-c4ccccc4)c3C2)CC1. The van der Waals surface area contributed by atoms with Gasteiger partial charge in [0.2, 0.25) is 0 Å². The molecule has 2 nitrogen and oxygen atoms in total. The van der Waals surface area contributed by atoms with E-state index in [0.29, 0.717) is 17.6 Å². The van der Waals surface area contributed by atoms with E-state index in [2.05, 4.69) is 36.4 Å². The van der Waals surface area contributed by atoms with Crippen LogP contribution in [-0.4, -0.2) is 10.8 Å². The van der Waals surface area contributed by atoms with Crippen LogP contribution in [0.15, 0.2) is 48.5 Å². The van der Waals surface area contributed by atoms with Crippen LogP contribution in [0.5, 0.6) is 0 Å². The first-order chi connectivity index (χ1) is 13.7. The molecular formula is C25H24ClNO. The molecule has 0 N–H and O–H groups in total. The zero-order chi connectivity index (χ0) is 19.1. The number of carbonyl (C=O) groups is 1. The van der Waals surface area contributed by atoms with Gasteiger partial charge in [0.15, 0.2) is 0 Å². The van der Waals surface area contributed by atoms with Gasteiger partial charge in [-0.15, -0.1) is 0 Å². The summed E-state index contributed by atoms with van der Waals surface area (Å²) in [7, 11) is 0. The van der Waals surface area contributed by atoms with Gasteiger partial charge in [-0.2, -0.15) is 0 Å². The fourth-order valence-corrected chi connectivity index (χ4v) is 5.38. The number of Topliss-reactive ketones (excluding diaryl/α,β-unsaturated/α-hetero) is 1. The number of rotatable bonds is 2. The minimum Gasteiger partial charge on any atom is -0.300 e. The van der Waals surface area contributed by atoms with Crippen LogP contribution in [0.3, 0.4) is 0 Å². The van der Waals surface area contributed by atoms with E-state index in [1.165, 1.54) is 28.8 Å². The Bertz CT molecular complexity index is 1030. The van der Waals surface area contributed by atoms with Crippen molar-refractivity contribution in [3.8, 4) is 11.1 Å². The first-order valence-corrected chi connectivity index (χ1v) is 10.7. The Labute approximate surface area is 170 Å². The Morgan fingerprint density at radius 1 is 0.893 bits per heavy atom. The Morgan fingerprint density at radius 3 is 2.43 bits per heavy atom. The number of benzene rings is 2. The number of fused-ring (bicyclic) bond motifs is 2. The molecule has 0 saturated heterocycles. The van der Waals surface area contributed by atoms with Crippen molar-refractivity contribution in [2.45, 2.75) is 44.9 Å². The molecule has 2 aliphatic carbocycles. The average Bonchev–Trinajstić information content (AvgIpc) is 2.73. The molecule has 0 radical (unpaired) electrons. The van der Waals surface area contributed by atoms with Gasteiger partial charge in [-0.05, 0) is 78.8 Å². The van der Waals surface area contributed by atoms with E-state index in [1.54, 1.807) is 0 Å². The number of hydrogen-bond donors (Lipinski definition) is 0. The molecule has 5 rings (SSSR count). The van der Waals surface area contributed by atoms with Crippen LogP contribution in [0, 0.1) is 11.8 Å². The number of ketones is 1. The maximum Gasteiger partial charge on any atom is 0.132 e. The number of carbonyl (C=O) groups excluding carboxylic acids is 1. The fourth-order valence-electron chi connectivity index (χ4n) is 5.21. The molecule has 2 aromatic carbocycles.